The first-order valence-corrected chi connectivity index (χ1v) is 5.75. The molecule has 0 unspecified atom stereocenters. The molecule has 2 rings (SSSR count). The summed E-state index contributed by atoms with van der Waals surface area (Å²) in [6.07, 6.45) is 1.62. The number of rotatable bonds is 2. The number of hydrogen-bond donors (Lipinski definition) is 0. The normalized spacial score (nSPS) is 10.4. The van der Waals surface area contributed by atoms with Crippen LogP contribution in [0.1, 0.15) is 11.1 Å². The third kappa shape index (κ3) is 2.87. The number of ether oxygens (including phenoxy) is 1. The van der Waals surface area contributed by atoms with Gasteiger partial charge in [0.1, 0.15) is 5.75 Å². The number of aromatic nitrogens is 2. The van der Waals surface area contributed by atoms with E-state index in [2.05, 4.69) is 9.97 Å². The first-order chi connectivity index (χ1) is 8.06. The van der Waals surface area contributed by atoms with E-state index in [-0.39, 0.29) is 5.28 Å². The first-order valence-electron chi connectivity index (χ1n) is 4.99. The van der Waals surface area contributed by atoms with Gasteiger partial charge in [-0.25, -0.2) is 4.98 Å². The minimum absolute atomic E-state index is 0.158. The maximum absolute atomic E-state index is 5.92. The van der Waals surface area contributed by atoms with Crippen LogP contribution in [0, 0.1) is 13.8 Å². The number of nitrogens with zero attached hydrogens (tertiary/aromatic N) is 2. The third-order valence-corrected chi connectivity index (χ3v) is 2.67. The SMILES string of the molecule is Cc1ccc(Cl)cc1Oc1nc(Cl)ncc1C. The molecule has 0 aliphatic rings. The van der Waals surface area contributed by atoms with Gasteiger partial charge in [0.2, 0.25) is 11.2 Å². The molecule has 0 aliphatic heterocycles. The zero-order chi connectivity index (χ0) is 12.4. The van der Waals surface area contributed by atoms with Crippen molar-refractivity contribution in [2.75, 3.05) is 0 Å². The number of halogens is 2. The van der Waals surface area contributed by atoms with Gasteiger partial charge in [-0.15, -0.1) is 0 Å². The summed E-state index contributed by atoms with van der Waals surface area (Å²) in [6, 6.07) is 5.44. The zero-order valence-electron chi connectivity index (χ0n) is 9.37. The van der Waals surface area contributed by atoms with Crippen LogP contribution in [0.15, 0.2) is 24.4 Å². The molecule has 3 nitrogen and oxygen atoms in total. The Labute approximate surface area is 109 Å². The predicted octanol–water partition coefficient (Wildman–Crippen LogP) is 4.19. The Morgan fingerprint density at radius 2 is 1.88 bits per heavy atom. The van der Waals surface area contributed by atoms with Crippen molar-refractivity contribution in [2.24, 2.45) is 0 Å². The van der Waals surface area contributed by atoms with E-state index in [0.717, 1.165) is 11.1 Å². The number of aryl methyl sites for hydroxylation is 2. The molecule has 88 valence electrons. The molecule has 0 bridgehead atoms. The molecule has 0 N–H and O–H groups in total. The molecule has 0 spiro atoms. The van der Waals surface area contributed by atoms with Gasteiger partial charge in [-0.05, 0) is 43.1 Å². The summed E-state index contributed by atoms with van der Waals surface area (Å²) >= 11 is 11.6. The van der Waals surface area contributed by atoms with Crippen LogP contribution in [0.4, 0.5) is 0 Å². The van der Waals surface area contributed by atoms with E-state index in [9.17, 15) is 0 Å². The van der Waals surface area contributed by atoms with Gasteiger partial charge in [-0.2, -0.15) is 4.98 Å². The number of benzene rings is 1. The van der Waals surface area contributed by atoms with Crippen molar-refractivity contribution in [3.05, 3.63) is 45.8 Å². The van der Waals surface area contributed by atoms with Crippen molar-refractivity contribution >= 4 is 23.2 Å². The largest absolute Gasteiger partial charge is 0.438 e. The van der Waals surface area contributed by atoms with Crippen LogP contribution in [-0.4, -0.2) is 9.97 Å². The van der Waals surface area contributed by atoms with Crippen LogP contribution in [0.2, 0.25) is 10.3 Å². The average molecular weight is 269 g/mol. The van der Waals surface area contributed by atoms with Crippen LogP contribution < -0.4 is 4.74 Å². The summed E-state index contributed by atoms with van der Waals surface area (Å²) in [5.41, 5.74) is 1.79. The fourth-order valence-electron chi connectivity index (χ4n) is 1.30. The molecule has 1 aromatic heterocycles. The third-order valence-electron chi connectivity index (χ3n) is 2.25. The quantitative estimate of drug-likeness (QED) is 0.766. The van der Waals surface area contributed by atoms with E-state index in [1.807, 2.05) is 26.0 Å². The predicted molar refractivity (Wildman–Crippen MR) is 68.0 cm³/mol. The van der Waals surface area contributed by atoms with Gasteiger partial charge >= 0.3 is 0 Å². The second kappa shape index (κ2) is 4.90. The van der Waals surface area contributed by atoms with E-state index in [1.165, 1.54) is 0 Å². The molecule has 1 aromatic carbocycles. The maximum atomic E-state index is 5.92. The molecule has 0 saturated carbocycles. The molecular weight excluding hydrogens is 259 g/mol. The van der Waals surface area contributed by atoms with Gasteiger partial charge in [-0.3, -0.25) is 0 Å². The second-order valence-electron chi connectivity index (χ2n) is 3.64. The smallest absolute Gasteiger partial charge is 0.226 e. The lowest BCUT2D eigenvalue weighted by molar-refractivity contribution is 0.454. The molecule has 0 aliphatic carbocycles. The molecule has 0 fully saturated rings. The number of hydrogen-bond acceptors (Lipinski definition) is 3. The van der Waals surface area contributed by atoms with Crippen LogP contribution in [0.5, 0.6) is 11.6 Å². The van der Waals surface area contributed by atoms with E-state index in [4.69, 9.17) is 27.9 Å². The summed E-state index contributed by atoms with van der Waals surface area (Å²) in [5.74, 6) is 1.10. The Hall–Kier alpha value is -1.32. The van der Waals surface area contributed by atoms with Gasteiger partial charge in [0.25, 0.3) is 0 Å². The van der Waals surface area contributed by atoms with Crippen molar-refractivity contribution in [3.63, 3.8) is 0 Å². The van der Waals surface area contributed by atoms with E-state index in [1.54, 1.807) is 12.3 Å². The van der Waals surface area contributed by atoms with Crippen molar-refractivity contribution in [3.8, 4) is 11.6 Å². The lowest BCUT2D eigenvalue weighted by Gasteiger charge is -2.09. The highest BCUT2D eigenvalue weighted by atomic mass is 35.5. The van der Waals surface area contributed by atoms with Crippen LogP contribution in [-0.2, 0) is 0 Å². The van der Waals surface area contributed by atoms with Crippen molar-refractivity contribution < 1.29 is 4.74 Å². The summed E-state index contributed by atoms with van der Waals surface area (Å²) < 4.78 is 5.68. The fraction of sp³-hybridized carbons (Fsp3) is 0.167. The molecule has 17 heavy (non-hydrogen) atoms. The molecular formula is C12H10Cl2N2O. The van der Waals surface area contributed by atoms with Gasteiger partial charge in [0.15, 0.2) is 0 Å². The average Bonchev–Trinajstić information content (AvgIpc) is 2.28. The lowest BCUT2D eigenvalue weighted by Crippen LogP contribution is -1.95. The molecule has 0 atom stereocenters. The van der Waals surface area contributed by atoms with Crippen molar-refractivity contribution in [1.29, 1.82) is 0 Å². The maximum Gasteiger partial charge on any atom is 0.226 e. The molecule has 2 aromatic rings. The van der Waals surface area contributed by atoms with Crippen molar-refractivity contribution in [1.82, 2.24) is 9.97 Å². The summed E-state index contributed by atoms with van der Waals surface area (Å²) in [5, 5.41) is 0.772. The molecule has 5 heteroatoms. The first kappa shape index (κ1) is 12.1. The fourth-order valence-corrected chi connectivity index (χ4v) is 1.59. The van der Waals surface area contributed by atoms with E-state index < -0.39 is 0 Å². The van der Waals surface area contributed by atoms with E-state index in [0.29, 0.717) is 16.7 Å². The molecule has 0 amide bonds. The monoisotopic (exact) mass is 268 g/mol. The minimum Gasteiger partial charge on any atom is -0.438 e. The zero-order valence-corrected chi connectivity index (χ0v) is 10.9. The Balaban J connectivity index is 2.37. The lowest BCUT2D eigenvalue weighted by atomic mass is 10.2. The van der Waals surface area contributed by atoms with Gasteiger partial charge < -0.3 is 4.74 Å². The van der Waals surface area contributed by atoms with Crippen LogP contribution >= 0.6 is 23.2 Å². The highest BCUT2D eigenvalue weighted by Crippen LogP contribution is 2.28. The summed E-state index contributed by atoms with van der Waals surface area (Å²) in [4.78, 5) is 7.90. The highest BCUT2D eigenvalue weighted by molar-refractivity contribution is 6.30. The Kier molecular flexibility index (Phi) is 3.50. The Morgan fingerprint density at radius 3 is 2.65 bits per heavy atom. The Bertz CT molecular complexity index is 509. The van der Waals surface area contributed by atoms with Crippen LogP contribution in [0.3, 0.4) is 0 Å². The van der Waals surface area contributed by atoms with Gasteiger partial charge in [0, 0.05) is 16.8 Å². The molecule has 0 saturated heterocycles. The molecule has 0 radical (unpaired) electrons. The Morgan fingerprint density at radius 1 is 1.12 bits per heavy atom. The van der Waals surface area contributed by atoms with Gasteiger partial charge in [0.05, 0.1) is 0 Å². The summed E-state index contributed by atoms with van der Waals surface area (Å²) in [7, 11) is 0. The van der Waals surface area contributed by atoms with Gasteiger partial charge in [-0.1, -0.05) is 17.7 Å². The summed E-state index contributed by atoms with van der Waals surface area (Å²) in [6.45, 7) is 3.79. The van der Waals surface area contributed by atoms with E-state index >= 15 is 0 Å². The van der Waals surface area contributed by atoms with Crippen LogP contribution in [0.25, 0.3) is 0 Å². The second-order valence-corrected chi connectivity index (χ2v) is 4.41. The molecule has 1 heterocycles. The standard InChI is InChI=1S/C12H10Cl2N2O/c1-7-3-4-9(13)5-10(7)17-11-8(2)6-15-12(14)16-11/h3-6H,1-2H3. The van der Waals surface area contributed by atoms with Crippen molar-refractivity contribution in [2.45, 2.75) is 13.8 Å². The topological polar surface area (TPSA) is 35.0 Å². The minimum atomic E-state index is 0.158. The highest BCUT2D eigenvalue weighted by Gasteiger charge is 2.07.